The summed E-state index contributed by atoms with van der Waals surface area (Å²) < 4.78 is 10.1. The number of ether oxygens (including phenoxy) is 1. The highest BCUT2D eigenvalue weighted by atomic mass is 32.2. The fourth-order valence-electron chi connectivity index (χ4n) is 1.53. The molecule has 5 heteroatoms. The van der Waals surface area contributed by atoms with Crippen LogP contribution in [0.4, 0.5) is 0 Å². The summed E-state index contributed by atoms with van der Waals surface area (Å²) in [5, 5.41) is 3.37. The van der Waals surface area contributed by atoms with Crippen molar-refractivity contribution in [3.8, 4) is 0 Å². The number of rotatable bonds is 4. The molecule has 16 heavy (non-hydrogen) atoms. The zero-order valence-corrected chi connectivity index (χ0v) is 9.96. The lowest BCUT2D eigenvalue weighted by Crippen LogP contribution is -2.35. The number of carbonyl (C=O) groups is 1. The molecular weight excluding hydrogens is 226 g/mol. The van der Waals surface area contributed by atoms with Crippen LogP contribution in [-0.2, 0) is 9.53 Å². The average Bonchev–Trinajstić information content (AvgIpc) is 2.94. The molecule has 0 spiro atoms. The molecule has 0 saturated carbocycles. The van der Waals surface area contributed by atoms with Crippen molar-refractivity contribution in [2.75, 3.05) is 12.4 Å². The van der Waals surface area contributed by atoms with Crippen molar-refractivity contribution in [2.24, 2.45) is 0 Å². The van der Waals surface area contributed by atoms with Gasteiger partial charge < -0.3 is 9.15 Å². The van der Waals surface area contributed by atoms with E-state index in [0.29, 0.717) is 6.61 Å². The van der Waals surface area contributed by atoms with Gasteiger partial charge in [-0.25, -0.2) is 0 Å². The number of hydrogen-bond acceptors (Lipinski definition) is 5. The molecule has 1 fully saturated rings. The van der Waals surface area contributed by atoms with Gasteiger partial charge in [0, 0.05) is 11.3 Å². The molecule has 88 valence electrons. The number of thioether (sulfide) groups is 1. The summed E-state index contributed by atoms with van der Waals surface area (Å²) in [5.74, 6) is 0.596. The molecule has 1 aromatic heterocycles. The van der Waals surface area contributed by atoms with E-state index in [0.717, 1.165) is 17.7 Å². The lowest BCUT2D eigenvalue weighted by molar-refractivity contribution is -0.145. The van der Waals surface area contributed by atoms with Gasteiger partial charge in [0.25, 0.3) is 0 Å². The van der Waals surface area contributed by atoms with Crippen molar-refractivity contribution in [1.29, 1.82) is 0 Å². The second-order valence-corrected chi connectivity index (χ2v) is 4.79. The Morgan fingerprint density at radius 2 is 2.62 bits per heavy atom. The van der Waals surface area contributed by atoms with Crippen LogP contribution in [-0.4, -0.2) is 24.4 Å². The smallest absolute Gasteiger partial charge is 0.324 e. The zero-order chi connectivity index (χ0) is 11.4. The normalized spacial score (nSPS) is 24.6. The molecule has 1 aliphatic heterocycles. The van der Waals surface area contributed by atoms with Gasteiger partial charge in [0.05, 0.1) is 24.5 Å². The third kappa shape index (κ3) is 2.59. The van der Waals surface area contributed by atoms with E-state index in [1.165, 1.54) is 0 Å². The van der Waals surface area contributed by atoms with Crippen molar-refractivity contribution in [2.45, 2.75) is 24.8 Å². The Labute approximate surface area is 98.7 Å². The predicted octanol–water partition coefficient (Wildman–Crippen LogP) is 1.94. The van der Waals surface area contributed by atoms with Gasteiger partial charge in [-0.2, -0.15) is 0 Å². The Balaban J connectivity index is 1.86. The first-order valence-corrected chi connectivity index (χ1v) is 6.42. The molecule has 0 radical (unpaired) electrons. The number of furan rings is 1. The molecule has 2 heterocycles. The summed E-state index contributed by atoms with van der Waals surface area (Å²) in [7, 11) is 0. The van der Waals surface area contributed by atoms with Crippen LogP contribution in [0, 0.1) is 0 Å². The molecule has 2 rings (SSSR count). The van der Waals surface area contributed by atoms with Crippen molar-refractivity contribution < 1.29 is 13.9 Å². The summed E-state index contributed by atoms with van der Waals surface area (Å²) >= 11 is 1.70. The average molecular weight is 241 g/mol. The highest BCUT2D eigenvalue weighted by Gasteiger charge is 2.31. The molecule has 0 aromatic carbocycles. The van der Waals surface area contributed by atoms with E-state index in [4.69, 9.17) is 9.15 Å². The van der Waals surface area contributed by atoms with Gasteiger partial charge in [-0.3, -0.25) is 10.1 Å². The van der Waals surface area contributed by atoms with Gasteiger partial charge >= 0.3 is 5.97 Å². The van der Waals surface area contributed by atoms with Gasteiger partial charge in [-0.15, -0.1) is 11.8 Å². The van der Waals surface area contributed by atoms with E-state index in [2.05, 4.69) is 5.32 Å². The molecule has 2 atom stereocenters. The third-order valence-corrected chi connectivity index (χ3v) is 3.63. The van der Waals surface area contributed by atoms with E-state index < -0.39 is 0 Å². The number of hydrogen-bond donors (Lipinski definition) is 1. The molecule has 1 aromatic rings. The third-order valence-electron chi connectivity index (χ3n) is 2.36. The minimum absolute atomic E-state index is 0.137. The first-order chi connectivity index (χ1) is 7.81. The van der Waals surface area contributed by atoms with Crippen LogP contribution in [0.25, 0.3) is 0 Å². The summed E-state index contributed by atoms with van der Waals surface area (Å²) in [4.78, 5) is 11.6. The largest absolute Gasteiger partial charge is 0.472 e. The molecule has 1 aliphatic rings. The summed E-state index contributed by atoms with van der Waals surface area (Å²) in [6.07, 6.45) is 4.20. The Hall–Kier alpha value is -0.940. The maximum absolute atomic E-state index is 11.6. The van der Waals surface area contributed by atoms with E-state index >= 15 is 0 Å². The highest BCUT2D eigenvalue weighted by molar-refractivity contribution is 7.99. The summed E-state index contributed by atoms with van der Waals surface area (Å²) in [6, 6.07) is 1.71. The van der Waals surface area contributed by atoms with Crippen LogP contribution in [0.2, 0.25) is 0 Å². The minimum atomic E-state index is -0.198. The molecular formula is C11H15NO3S. The zero-order valence-electron chi connectivity index (χ0n) is 9.14. The minimum Gasteiger partial charge on any atom is -0.472 e. The SMILES string of the molecule is CCCOC(=O)C1CSC(c2ccoc2)N1. The predicted molar refractivity (Wildman–Crippen MR) is 62.1 cm³/mol. The van der Waals surface area contributed by atoms with Crippen LogP contribution < -0.4 is 5.32 Å². The van der Waals surface area contributed by atoms with Crippen LogP contribution in [0.15, 0.2) is 23.0 Å². The molecule has 1 N–H and O–H groups in total. The van der Waals surface area contributed by atoms with Gasteiger partial charge in [-0.1, -0.05) is 6.92 Å². The monoisotopic (exact) mass is 241 g/mol. The van der Waals surface area contributed by atoms with Crippen molar-refractivity contribution in [1.82, 2.24) is 5.32 Å². The molecule has 0 amide bonds. The van der Waals surface area contributed by atoms with E-state index in [9.17, 15) is 4.79 Å². The Kier molecular flexibility index (Phi) is 3.90. The fourth-order valence-corrected chi connectivity index (χ4v) is 2.73. The van der Waals surface area contributed by atoms with Crippen LogP contribution in [0.5, 0.6) is 0 Å². The molecule has 0 aliphatic carbocycles. The lowest BCUT2D eigenvalue weighted by atomic mass is 10.3. The van der Waals surface area contributed by atoms with E-state index in [1.807, 2.05) is 13.0 Å². The van der Waals surface area contributed by atoms with Crippen molar-refractivity contribution in [3.05, 3.63) is 24.2 Å². The van der Waals surface area contributed by atoms with E-state index in [-0.39, 0.29) is 17.4 Å². The highest BCUT2D eigenvalue weighted by Crippen LogP contribution is 2.33. The maximum atomic E-state index is 11.6. The topological polar surface area (TPSA) is 51.5 Å². The van der Waals surface area contributed by atoms with Gasteiger partial charge in [-0.05, 0) is 12.5 Å². The van der Waals surface area contributed by atoms with E-state index in [1.54, 1.807) is 24.3 Å². The quantitative estimate of drug-likeness (QED) is 0.816. The second kappa shape index (κ2) is 5.41. The molecule has 0 bridgehead atoms. The lowest BCUT2D eigenvalue weighted by Gasteiger charge is -2.11. The molecule has 2 unspecified atom stereocenters. The van der Waals surface area contributed by atoms with Crippen molar-refractivity contribution in [3.63, 3.8) is 0 Å². The second-order valence-electron chi connectivity index (χ2n) is 3.66. The Bertz CT molecular complexity index is 339. The Morgan fingerprint density at radius 1 is 1.75 bits per heavy atom. The van der Waals surface area contributed by atoms with Crippen LogP contribution in [0.3, 0.4) is 0 Å². The summed E-state index contributed by atoms with van der Waals surface area (Å²) in [5.41, 5.74) is 1.07. The number of carbonyl (C=O) groups excluding carboxylic acids is 1. The number of nitrogens with one attached hydrogen (secondary N) is 1. The number of esters is 1. The van der Waals surface area contributed by atoms with Crippen LogP contribution >= 0.6 is 11.8 Å². The standard InChI is InChI=1S/C11H15NO3S/c1-2-4-15-11(13)9-7-16-10(12-9)8-3-5-14-6-8/h3,5-6,9-10,12H,2,4,7H2,1H3. The fraction of sp³-hybridized carbons (Fsp3) is 0.545. The van der Waals surface area contributed by atoms with Gasteiger partial charge in [0.1, 0.15) is 6.04 Å². The molecule has 1 saturated heterocycles. The first kappa shape index (κ1) is 11.5. The Morgan fingerprint density at radius 3 is 3.31 bits per heavy atom. The van der Waals surface area contributed by atoms with Crippen LogP contribution in [0.1, 0.15) is 24.3 Å². The van der Waals surface area contributed by atoms with Gasteiger partial charge in [0.2, 0.25) is 0 Å². The first-order valence-electron chi connectivity index (χ1n) is 5.37. The maximum Gasteiger partial charge on any atom is 0.324 e. The summed E-state index contributed by atoms with van der Waals surface area (Å²) in [6.45, 7) is 2.48. The van der Waals surface area contributed by atoms with Gasteiger partial charge in [0.15, 0.2) is 0 Å². The molecule has 4 nitrogen and oxygen atoms in total. The van der Waals surface area contributed by atoms with Crippen molar-refractivity contribution >= 4 is 17.7 Å².